The first-order chi connectivity index (χ1) is 22.4. The molecule has 6 rings (SSSR count). The van der Waals surface area contributed by atoms with Crippen molar-refractivity contribution in [3.63, 3.8) is 0 Å². The molecule has 4 saturated carbocycles. The number of nitrogen functional groups attached to an aromatic ring is 1. The monoisotopic (exact) mass is 653 g/mol. The molecule has 10 nitrogen and oxygen atoms in total. The number of rotatable bonds is 10. The first-order valence-corrected chi connectivity index (χ1v) is 17.5. The van der Waals surface area contributed by atoms with Crippen LogP contribution in [0, 0.1) is 64.8 Å². The molecule has 4 N–H and O–H groups in total. The van der Waals surface area contributed by atoms with Gasteiger partial charge >= 0.3 is 12.0 Å². The normalized spacial score (nSPS) is 36.0. The predicted octanol–water partition coefficient (Wildman–Crippen LogP) is 4.91. The molecule has 2 aromatic heterocycles. The average molecular weight is 654 g/mol. The van der Waals surface area contributed by atoms with Crippen LogP contribution in [0.2, 0.25) is 0 Å². The molecule has 4 fully saturated rings. The summed E-state index contributed by atoms with van der Waals surface area (Å²) in [4.78, 5) is 25.0. The third-order valence-electron chi connectivity index (χ3n) is 13.7. The molecule has 2 heterocycles. The van der Waals surface area contributed by atoms with Gasteiger partial charge in [-0.15, -0.1) is 6.42 Å². The standard InChI is InChI=1S/C36H52FN5O5/c1-6-36(19-43,46-5)28(18-42-20-39-30-31(38)40-33(37)41-32(30)42)47-29(45)12-7-21(2)25-10-11-26-24-9-8-22-17-23(44)13-15-34(22,3)27(24)14-16-35(25,26)4/h1,20-28,43-44H,7-19H2,2-5H3,(H2,38,40,41)/t21-,22-,23-,24+,25-,26+,27+,28+,34+,35-,36?/m1/s1. The zero-order valence-electron chi connectivity index (χ0n) is 28.3. The molecular weight excluding hydrogens is 601 g/mol. The molecular formula is C36H52FN5O5. The van der Waals surface area contributed by atoms with E-state index < -0.39 is 30.4 Å². The summed E-state index contributed by atoms with van der Waals surface area (Å²) in [6.07, 6.45) is 16.4. The topological polar surface area (TPSA) is 146 Å². The minimum Gasteiger partial charge on any atom is -0.456 e. The fourth-order valence-electron chi connectivity index (χ4n) is 11.0. The predicted molar refractivity (Wildman–Crippen MR) is 175 cm³/mol. The molecule has 4 aliphatic rings. The summed E-state index contributed by atoms with van der Waals surface area (Å²) in [5.41, 5.74) is 5.13. The van der Waals surface area contributed by atoms with E-state index in [1.54, 1.807) is 0 Å². The summed E-state index contributed by atoms with van der Waals surface area (Å²) < 4.78 is 27.0. The van der Waals surface area contributed by atoms with Crippen molar-refractivity contribution in [1.82, 2.24) is 19.5 Å². The minimum atomic E-state index is -1.63. The maximum atomic E-state index is 14.0. The van der Waals surface area contributed by atoms with E-state index in [0.717, 1.165) is 31.1 Å². The van der Waals surface area contributed by atoms with Crippen LogP contribution >= 0.6 is 0 Å². The lowest BCUT2D eigenvalue weighted by molar-refractivity contribution is -0.168. The van der Waals surface area contributed by atoms with Crippen molar-refractivity contribution in [1.29, 1.82) is 0 Å². The molecule has 11 heteroatoms. The van der Waals surface area contributed by atoms with Crippen molar-refractivity contribution < 1.29 is 28.9 Å². The van der Waals surface area contributed by atoms with Crippen LogP contribution in [0.3, 0.4) is 0 Å². The van der Waals surface area contributed by atoms with Gasteiger partial charge in [0.15, 0.2) is 23.2 Å². The van der Waals surface area contributed by atoms with E-state index in [4.69, 9.17) is 21.6 Å². The lowest BCUT2D eigenvalue weighted by atomic mass is 9.44. The summed E-state index contributed by atoms with van der Waals surface area (Å²) >= 11 is 0. The molecule has 0 aromatic carbocycles. The van der Waals surface area contributed by atoms with Crippen LogP contribution in [0.5, 0.6) is 0 Å². The van der Waals surface area contributed by atoms with Gasteiger partial charge in [-0.05, 0) is 111 Å². The smallest absolute Gasteiger partial charge is 0.312 e. The van der Waals surface area contributed by atoms with Crippen LogP contribution in [0.4, 0.5) is 10.2 Å². The van der Waals surface area contributed by atoms with Gasteiger partial charge in [-0.25, -0.2) is 4.98 Å². The van der Waals surface area contributed by atoms with Gasteiger partial charge < -0.3 is 30.0 Å². The molecule has 0 amide bonds. The highest BCUT2D eigenvalue weighted by atomic mass is 19.1. The fourth-order valence-corrected chi connectivity index (χ4v) is 11.0. The second kappa shape index (κ2) is 12.9. The van der Waals surface area contributed by atoms with E-state index in [-0.39, 0.29) is 41.5 Å². The first-order valence-electron chi connectivity index (χ1n) is 17.5. The number of halogens is 1. The minimum absolute atomic E-state index is 0.0873. The largest absolute Gasteiger partial charge is 0.456 e. The SMILES string of the molecule is C#CC(CO)(OC)[C@H](Cn1cnc2c(N)nc(F)nc21)OC(=O)CC[C@@H](C)[C@H]1CC[C@H]2[C@@H]3CC[C@@H]4C[C@H](O)CC[C@]4(C)[C@H]3CC[C@]12C. The Balaban J connectivity index is 1.12. The number of carbonyl (C=O) groups is 1. The van der Waals surface area contributed by atoms with Gasteiger partial charge in [-0.2, -0.15) is 14.4 Å². The van der Waals surface area contributed by atoms with Crippen LogP contribution in [0.1, 0.15) is 91.4 Å². The van der Waals surface area contributed by atoms with Gasteiger partial charge in [0.1, 0.15) is 5.52 Å². The van der Waals surface area contributed by atoms with E-state index >= 15 is 0 Å². The van der Waals surface area contributed by atoms with Crippen LogP contribution < -0.4 is 5.73 Å². The zero-order chi connectivity index (χ0) is 33.7. The van der Waals surface area contributed by atoms with Gasteiger partial charge in [0.05, 0.1) is 25.6 Å². The summed E-state index contributed by atoms with van der Waals surface area (Å²) in [5, 5.41) is 20.7. The van der Waals surface area contributed by atoms with Gasteiger partial charge in [0, 0.05) is 13.5 Å². The molecule has 0 bridgehead atoms. The molecule has 4 aliphatic carbocycles. The highest BCUT2D eigenvalue weighted by molar-refractivity contribution is 5.81. The van der Waals surface area contributed by atoms with Crippen molar-refractivity contribution in [2.45, 2.75) is 116 Å². The van der Waals surface area contributed by atoms with Crippen LogP contribution in [-0.4, -0.2) is 67.2 Å². The average Bonchev–Trinajstić information content (AvgIpc) is 3.62. The number of imidazole rings is 1. The Labute approximate surface area is 277 Å². The Morgan fingerprint density at radius 2 is 1.94 bits per heavy atom. The number of methoxy groups -OCH3 is 1. The first kappa shape index (κ1) is 34.1. The van der Waals surface area contributed by atoms with E-state index in [1.807, 2.05) is 0 Å². The zero-order valence-corrected chi connectivity index (χ0v) is 28.3. The summed E-state index contributed by atoms with van der Waals surface area (Å²) in [6, 6.07) is 0. The number of esters is 1. The molecule has 0 spiro atoms. The summed E-state index contributed by atoms with van der Waals surface area (Å²) in [6.45, 7) is 6.64. The van der Waals surface area contributed by atoms with Crippen molar-refractivity contribution >= 4 is 23.0 Å². The van der Waals surface area contributed by atoms with Crippen molar-refractivity contribution in [2.75, 3.05) is 19.5 Å². The third-order valence-corrected chi connectivity index (χ3v) is 13.7. The molecule has 11 atom stereocenters. The van der Waals surface area contributed by atoms with Gasteiger partial charge in [-0.3, -0.25) is 4.79 Å². The number of terminal acetylenes is 1. The number of nitrogens with zero attached hydrogens (tertiary/aromatic N) is 4. The molecule has 258 valence electrons. The van der Waals surface area contributed by atoms with Crippen LogP contribution in [0.25, 0.3) is 11.2 Å². The van der Waals surface area contributed by atoms with E-state index in [9.17, 15) is 19.4 Å². The Bertz CT molecular complexity index is 1510. The van der Waals surface area contributed by atoms with Crippen LogP contribution in [-0.2, 0) is 20.8 Å². The number of hydrogen-bond donors (Lipinski definition) is 3. The van der Waals surface area contributed by atoms with E-state index in [0.29, 0.717) is 35.5 Å². The highest BCUT2D eigenvalue weighted by Gasteiger charge is 2.60. The third kappa shape index (κ3) is 5.82. The Morgan fingerprint density at radius 1 is 1.19 bits per heavy atom. The molecule has 0 radical (unpaired) electrons. The maximum absolute atomic E-state index is 14.0. The molecule has 0 aliphatic heterocycles. The maximum Gasteiger partial charge on any atom is 0.312 e. The lowest BCUT2D eigenvalue weighted by Crippen LogP contribution is -2.54. The van der Waals surface area contributed by atoms with Gasteiger partial charge in [-0.1, -0.05) is 26.7 Å². The number of anilines is 1. The number of aliphatic hydroxyl groups is 2. The Morgan fingerprint density at radius 3 is 2.66 bits per heavy atom. The lowest BCUT2D eigenvalue weighted by Gasteiger charge is -2.61. The van der Waals surface area contributed by atoms with Crippen molar-refractivity contribution in [3.05, 3.63) is 12.4 Å². The number of aromatic nitrogens is 4. The fraction of sp³-hybridized carbons (Fsp3) is 0.778. The molecule has 0 saturated heterocycles. The summed E-state index contributed by atoms with van der Waals surface area (Å²) in [7, 11) is 1.35. The summed E-state index contributed by atoms with van der Waals surface area (Å²) in [5.74, 6) is 5.66. The number of ether oxygens (including phenoxy) is 2. The molecule has 1 unspecified atom stereocenters. The molecule has 47 heavy (non-hydrogen) atoms. The van der Waals surface area contributed by atoms with Gasteiger partial charge in [0.25, 0.3) is 0 Å². The number of hydrogen-bond acceptors (Lipinski definition) is 9. The molecule has 2 aromatic rings. The Hall–Kier alpha value is -2.81. The van der Waals surface area contributed by atoms with Gasteiger partial charge in [0.2, 0.25) is 0 Å². The second-order valence-electron chi connectivity index (χ2n) is 15.7. The van der Waals surface area contributed by atoms with E-state index in [1.165, 1.54) is 56.5 Å². The number of aliphatic hydroxyl groups excluding tert-OH is 2. The number of nitrogens with two attached hydrogens (primary N) is 1. The highest BCUT2D eigenvalue weighted by Crippen LogP contribution is 2.68. The quantitative estimate of drug-likeness (QED) is 0.185. The second-order valence-corrected chi connectivity index (χ2v) is 15.7. The number of fused-ring (bicyclic) bond motifs is 6. The van der Waals surface area contributed by atoms with Crippen molar-refractivity contribution in [3.8, 4) is 12.3 Å². The number of carbonyl (C=O) groups excluding carboxylic acids is 1. The van der Waals surface area contributed by atoms with Crippen molar-refractivity contribution in [2.24, 2.45) is 46.3 Å². The van der Waals surface area contributed by atoms with Crippen LogP contribution in [0.15, 0.2) is 6.33 Å². The van der Waals surface area contributed by atoms with E-state index in [2.05, 4.69) is 41.6 Å². The Kier molecular flexibility index (Phi) is 9.35.